The van der Waals surface area contributed by atoms with Gasteiger partial charge in [0.05, 0.1) is 17.9 Å². The molecule has 0 bridgehead atoms. The second-order valence-corrected chi connectivity index (χ2v) is 5.57. The predicted molar refractivity (Wildman–Crippen MR) is 80.7 cm³/mol. The van der Waals surface area contributed by atoms with Crippen molar-refractivity contribution in [1.29, 1.82) is 0 Å². The van der Waals surface area contributed by atoms with Gasteiger partial charge in [0.1, 0.15) is 4.70 Å². The highest BCUT2D eigenvalue weighted by Gasteiger charge is 2.14. The Kier molecular flexibility index (Phi) is 2.22. The largest absolute Gasteiger partial charge is 0.323 e. The monoisotopic (exact) mass is 269 g/mol. The fraction of sp³-hybridized carbons (Fsp3) is 0.143. The second kappa shape index (κ2) is 3.93. The van der Waals surface area contributed by atoms with Crippen LogP contribution >= 0.6 is 11.3 Å². The van der Waals surface area contributed by atoms with E-state index in [-0.39, 0.29) is 5.56 Å². The third kappa shape index (κ3) is 1.58. The number of para-hydroxylation sites is 1. The lowest BCUT2D eigenvalue weighted by Gasteiger charge is -2.09. The summed E-state index contributed by atoms with van der Waals surface area (Å²) in [7, 11) is 0. The molecule has 3 heterocycles. The molecule has 1 aliphatic rings. The first-order chi connectivity index (χ1) is 9.33. The summed E-state index contributed by atoms with van der Waals surface area (Å²) in [6, 6.07) is 10.0. The van der Waals surface area contributed by atoms with Gasteiger partial charge in [0.2, 0.25) is 0 Å². The molecule has 0 saturated carbocycles. The SMILES string of the molecule is O=c1[nH]c2ccccc2c2cc(N3C=NCC3)sc12. The van der Waals surface area contributed by atoms with Crippen molar-refractivity contribution in [2.24, 2.45) is 4.99 Å². The van der Waals surface area contributed by atoms with Crippen molar-refractivity contribution in [3.63, 3.8) is 0 Å². The number of anilines is 1. The number of benzene rings is 1. The number of hydrogen-bond donors (Lipinski definition) is 1. The van der Waals surface area contributed by atoms with Crippen molar-refractivity contribution in [2.75, 3.05) is 18.0 Å². The Morgan fingerprint density at radius 2 is 2.16 bits per heavy atom. The molecule has 0 aliphatic carbocycles. The van der Waals surface area contributed by atoms with Crippen molar-refractivity contribution < 1.29 is 0 Å². The van der Waals surface area contributed by atoms with Gasteiger partial charge < -0.3 is 9.88 Å². The quantitative estimate of drug-likeness (QED) is 0.738. The van der Waals surface area contributed by atoms with E-state index < -0.39 is 0 Å². The van der Waals surface area contributed by atoms with E-state index in [1.807, 2.05) is 30.6 Å². The number of aliphatic imine (C=N–C) groups is 1. The molecule has 0 fully saturated rings. The van der Waals surface area contributed by atoms with Crippen LogP contribution in [0, 0.1) is 0 Å². The molecule has 19 heavy (non-hydrogen) atoms. The maximum Gasteiger partial charge on any atom is 0.266 e. The number of rotatable bonds is 1. The standard InChI is InChI=1S/C14H11N3OS/c18-14-13-10(9-3-1-2-4-11(9)16-14)7-12(19-13)17-6-5-15-8-17/h1-4,7-8H,5-6H2,(H,16,18). The molecule has 94 valence electrons. The molecule has 0 spiro atoms. The maximum absolute atomic E-state index is 12.1. The van der Waals surface area contributed by atoms with Crippen molar-refractivity contribution in [3.05, 3.63) is 40.7 Å². The van der Waals surface area contributed by atoms with Crippen molar-refractivity contribution >= 4 is 43.7 Å². The summed E-state index contributed by atoms with van der Waals surface area (Å²) in [6.45, 7) is 1.72. The fourth-order valence-corrected chi connectivity index (χ4v) is 3.51. The summed E-state index contributed by atoms with van der Waals surface area (Å²) in [6.07, 6.45) is 1.85. The van der Waals surface area contributed by atoms with Crippen LogP contribution in [0.1, 0.15) is 0 Å². The van der Waals surface area contributed by atoms with Crippen molar-refractivity contribution in [3.8, 4) is 0 Å². The minimum Gasteiger partial charge on any atom is -0.323 e. The minimum atomic E-state index is -0.0129. The van der Waals surface area contributed by atoms with Crippen LogP contribution in [0.15, 0.2) is 40.1 Å². The van der Waals surface area contributed by atoms with E-state index in [0.717, 1.165) is 39.1 Å². The van der Waals surface area contributed by atoms with E-state index in [1.165, 1.54) is 11.3 Å². The molecule has 1 N–H and O–H groups in total. The number of H-pyrrole nitrogens is 1. The van der Waals surface area contributed by atoms with Crippen LogP contribution in [0.25, 0.3) is 21.0 Å². The third-order valence-electron chi connectivity index (χ3n) is 3.36. The van der Waals surface area contributed by atoms with Gasteiger partial charge in [-0.3, -0.25) is 9.79 Å². The van der Waals surface area contributed by atoms with E-state index in [1.54, 1.807) is 0 Å². The molecule has 0 atom stereocenters. The number of fused-ring (bicyclic) bond motifs is 3. The smallest absolute Gasteiger partial charge is 0.266 e. The van der Waals surface area contributed by atoms with Crippen LogP contribution < -0.4 is 10.5 Å². The Balaban J connectivity index is 2.06. The molecular weight excluding hydrogens is 258 g/mol. The van der Waals surface area contributed by atoms with Crippen molar-refractivity contribution in [1.82, 2.24) is 4.98 Å². The molecular formula is C14H11N3OS. The van der Waals surface area contributed by atoms with Gasteiger partial charge in [-0.25, -0.2) is 0 Å². The topological polar surface area (TPSA) is 48.5 Å². The first-order valence-corrected chi connectivity index (χ1v) is 6.96. The van der Waals surface area contributed by atoms with Gasteiger partial charge in [-0.2, -0.15) is 0 Å². The Morgan fingerprint density at radius 3 is 3.00 bits per heavy atom. The molecule has 1 aromatic carbocycles. The summed E-state index contributed by atoms with van der Waals surface area (Å²) in [4.78, 5) is 21.4. The molecule has 0 amide bonds. The highest BCUT2D eigenvalue weighted by Crippen LogP contribution is 2.34. The number of nitrogens with one attached hydrogen (secondary N) is 1. The Hall–Kier alpha value is -2.14. The van der Waals surface area contributed by atoms with Gasteiger partial charge in [-0.15, -0.1) is 11.3 Å². The van der Waals surface area contributed by atoms with Crippen LogP contribution in [0.2, 0.25) is 0 Å². The van der Waals surface area contributed by atoms with E-state index >= 15 is 0 Å². The molecule has 4 rings (SSSR count). The summed E-state index contributed by atoms with van der Waals surface area (Å²) < 4.78 is 0.786. The first kappa shape index (κ1) is 10.8. The maximum atomic E-state index is 12.1. The van der Waals surface area contributed by atoms with Gasteiger partial charge in [-0.05, 0) is 12.1 Å². The predicted octanol–water partition coefficient (Wildman–Crippen LogP) is 2.59. The second-order valence-electron chi connectivity index (χ2n) is 4.54. The number of aromatic amines is 1. The van der Waals surface area contributed by atoms with Crippen LogP contribution in [0.3, 0.4) is 0 Å². The lowest BCUT2D eigenvalue weighted by Crippen LogP contribution is -2.16. The van der Waals surface area contributed by atoms with Crippen LogP contribution in [0.4, 0.5) is 5.00 Å². The first-order valence-electron chi connectivity index (χ1n) is 6.14. The summed E-state index contributed by atoms with van der Waals surface area (Å²) in [5, 5.41) is 3.20. The zero-order valence-corrected chi connectivity index (χ0v) is 10.9. The van der Waals surface area contributed by atoms with Gasteiger partial charge in [0.25, 0.3) is 5.56 Å². The zero-order valence-electron chi connectivity index (χ0n) is 10.1. The lowest BCUT2D eigenvalue weighted by atomic mass is 10.1. The lowest BCUT2D eigenvalue weighted by molar-refractivity contribution is 1.03. The number of thiophene rings is 1. The average Bonchev–Trinajstić information content (AvgIpc) is 3.08. The van der Waals surface area contributed by atoms with E-state index in [0.29, 0.717) is 0 Å². The summed E-state index contributed by atoms with van der Waals surface area (Å²) in [5.41, 5.74) is 0.875. The van der Waals surface area contributed by atoms with Gasteiger partial charge in [0.15, 0.2) is 0 Å². The Bertz CT molecular complexity index is 862. The molecule has 1 aliphatic heterocycles. The average molecular weight is 269 g/mol. The minimum absolute atomic E-state index is 0.0129. The Labute approximate surface area is 113 Å². The van der Waals surface area contributed by atoms with E-state index in [4.69, 9.17) is 0 Å². The van der Waals surface area contributed by atoms with Gasteiger partial charge in [-0.1, -0.05) is 18.2 Å². The molecule has 0 radical (unpaired) electrons. The van der Waals surface area contributed by atoms with Crippen LogP contribution in [0.5, 0.6) is 0 Å². The third-order valence-corrected chi connectivity index (χ3v) is 4.54. The Morgan fingerprint density at radius 1 is 1.26 bits per heavy atom. The summed E-state index contributed by atoms with van der Waals surface area (Å²) >= 11 is 1.53. The number of pyridine rings is 1. The number of hydrogen-bond acceptors (Lipinski definition) is 4. The molecule has 5 heteroatoms. The highest BCUT2D eigenvalue weighted by molar-refractivity contribution is 7.23. The molecule has 3 aromatic rings. The number of aromatic nitrogens is 1. The van der Waals surface area contributed by atoms with E-state index in [2.05, 4.69) is 20.9 Å². The highest BCUT2D eigenvalue weighted by atomic mass is 32.1. The van der Waals surface area contributed by atoms with Crippen LogP contribution in [-0.4, -0.2) is 24.4 Å². The van der Waals surface area contributed by atoms with Crippen molar-refractivity contribution in [2.45, 2.75) is 0 Å². The molecule has 0 unspecified atom stereocenters. The number of nitrogens with zero attached hydrogens (tertiary/aromatic N) is 2. The summed E-state index contributed by atoms with van der Waals surface area (Å²) in [5.74, 6) is 0. The van der Waals surface area contributed by atoms with Crippen LogP contribution in [-0.2, 0) is 0 Å². The zero-order chi connectivity index (χ0) is 12.8. The molecule has 2 aromatic heterocycles. The molecule has 0 saturated heterocycles. The van der Waals surface area contributed by atoms with Gasteiger partial charge in [0, 0.05) is 22.8 Å². The van der Waals surface area contributed by atoms with Gasteiger partial charge >= 0.3 is 0 Å². The molecule has 4 nitrogen and oxygen atoms in total. The van der Waals surface area contributed by atoms with E-state index in [9.17, 15) is 4.79 Å². The fourth-order valence-electron chi connectivity index (χ4n) is 2.44. The normalized spacial score (nSPS) is 14.8.